The minimum absolute atomic E-state index is 0.299. The number of ether oxygens (including phenoxy) is 1. The standard InChI is InChI=1S/C12H20N2O2/c1-16-11-6-7-12(14-10-11)13-8-4-2-3-5-9-15/h6-7,10,15H,2-5,8-9H2,1H3,(H,13,14). The van der Waals surface area contributed by atoms with E-state index in [1.807, 2.05) is 12.1 Å². The summed E-state index contributed by atoms with van der Waals surface area (Å²) in [6, 6.07) is 3.80. The van der Waals surface area contributed by atoms with Gasteiger partial charge in [-0.2, -0.15) is 0 Å². The van der Waals surface area contributed by atoms with Crippen molar-refractivity contribution in [2.75, 3.05) is 25.6 Å². The number of anilines is 1. The van der Waals surface area contributed by atoms with Crippen LogP contribution in [-0.2, 0) is 0 Å². The molecule has 1 heterocycles. The first-order valence-electron chi connectivity index (χ1n) is 5.71. The van der Waals surface area contributed by atoms with Gasteiger partial charge in [0.2, 0.25) is 0 Å². The van der Waals surface area contributed by atoms with Crippen LogP contribution in [0, 0.1) is 0 Å². The number of nitrogens with zero attached hydrogens (tertiary/aromatic N) is 1. The molecule has 0 radical (unpaired) electrons. The molecule has 90 valence electrons. The molecular formula is C12H20N2O2. The molecule has 0 aliphatic heterocycles. The Balaban J connectivity index is 2.12. The van der Waals surface area contributed by atoms with Crippen molar-refractivity contribution in [1.82, 2.24) is 4.98 Å². The molecule has 16 heavy (non-hydrogen) atoms. The monoisotopic (exact) mass is 224 g/mol. The summed E-state index contributed by atoms with van der Waals surface area (Å²) in [6.07, 6.45) is 5.94. The molecule has 0 saturated heterocycles. The zero-order chi connectivity index (χ0) is 11.6. The van der Waals surface area contributed by atoms with Gasteiger partial charge >= 0.3 is 0 Å². The summed E-state index contributed by atoms with van der Waals surface area (Å²) in [5.74, 6) is 1.65. The Kier molecular flexibility index (Phi) is 6.33. The minimum atomic E-state index is 0.299. The van der Waals surface area contributed by atoms with Crippen LogP contribution in [0.2, 0.25) is 0 Å². The Bertz CT molecular complexity index is 275. The molecule has 0 spiro atoms. The molecular weight excluding hydrogens is 204 g/mol. The fourth-order valence-corrected chi connectivity index (χ4v) is 1.41. The minimum Gasteiger partial charge on any atom is -0.495 e. The lowest BCUT2D eigenvalue weighted by Gasteiger charge is -2.05. The predicted molar refractivity (Wildman–Crippen MR) is 64.8 cm³/mol. The van der Waals surface area contributed by atoms with Crippen LogP contribution in [0.4, 0.5) is 5.82 Å². The molecule has 0 amide bonds. The number of hydrogen-bond donors (Lipinski definition) is 2. The summed E-state index contributed by atoms with van der Waals surface area (Å²) in [6.45, 7) is 1.22. The van der Waals surface area contributed by atoms with Crippen LogP contribution in [-0.4, -0.2) is 30.4 Å². The Labute approximate surface area is 96.7 Å². The maximum atomic E-state index is 8.61. The van der Waals surface area contributed by atoms with Gasteiger partial charge in [-0.25, -0.2) is 4.98 Å². The zero-order valence-corrected chi connectivity index (χ0v) is 9.78. The van der Waals surface area contributed by atoms with Gasteiger partial charge in [-0.05, 0) is 25.0 Å². The summed E-state index contributed by atoms with van der Waals surface area (Å²) in [5, 5.41) is 11.9. The van der Waals surface area contributed by atoms with Crippen molar-refractivity contribution in [1.29, 1.82) is 0 Å². The van der Waals surface area contributed by atoms with Crippen molar-refractivity contribution < 1.29 is 9.84 Å². The van der Waals surface area contributed by atoms with Crippen molar-refractivity contribution in [3.8, 4) is 5.75 Å². The van der Waals surface area contributed by atoms with Gasteiger partial charge in [0.05, 0.1) is 13.3 Å². The fourth-order valence-electron chi connectivity index (χ4n) is 1.41. The summed E-state index contributed by atoms with van der Waals surface area (Å²) in [4.78, 5) is 4.21. The van der Waals surface area contributed by atoms with Crippen LogP contribution < -0.4 is 10.1 Å². The van der Waals surface area contributed by atoms with Gasteiger partial charge in [0.15, 0.2) is 0 Å². The van der Waals surface area contributed by atoms with E-state index in [9.17, 15) is 0 Å². The average molecular weight is 224 g/mol. The van der Waals surface area contributed by atoms with Crippen LogP contribution in [0.5, 0.6) is 5.75 Å². The number of aliphatic hydroxyl groups excluding tert-OH is 1. The van der Waals surface area contributed by atoms with E-state index < -0.39 is 0 Å². The molecule has 1 aromatic heterocycles. The molecule has 0 saturated carbocycles. The van der Waals surface area contributed by atoms with E-state index in [4.69, 9.17) is 9.84 Å². The van der Waals surface area contributed by atoms with Gasteiger partial charge < -0.3 is 15.2 Å². The summed E-state index contributed by atoms with van der Waals surface area (Å²) in [7, 11) is 1.63. The van der Waals surface area contributed by atoms with E-state index in [-0.39, 0.29) is 0 Å². The van der Waals surface area contributed by atoms with Gasteiger partial charge in [0, 0.05) is 13.2 Å². The number of hydrogen-bond acceptors (Lipinski definition) is 4. The summed E-state index contributed by atoms with van der Waals surface area (Å²) >= 11 is 0. The van der Waals surface area contributed by atoms with Gasteiger partial charge in [0.1, 0.15) is 11.6 Å². The molecule has 0 aliphatic rings. The van der Waals surface area contributed by atoms with E-state index in [1.54, 1.807) is 13.3 Å². The zero-order valence-electron chi connectivity index (χ0n) is 9.78. The molecule has 4 nitrogen and oxygen atoms in total. The first kappa shape index (κ1) is 12.8. The second-order valence-electron chi connectivity index (χ2n) is 3.65. The first-order valence-corrected chi connectivity index (χ1v) is 5.71. The Morgan fingerprint density at radius 3 is 2.69 bits per heavy atom. The maximum absolute atomic E-state index is 8.61. The first-order chi connectivity index (χ1) is 7.86. The van der Waals surface area contributed by atoms with Gasteiger partial charge in [0.25, 0.3) is 0 Å². The number of methoxy groups -OCH3 is 1. The largest absolute Gasteiger partial charge is 0.495 e. The van der Waals surface area contributed by atoms with Crippen molar-refractivity contribution in [3.05, 3.63) is 18.3 Å². The summed E-state index contributed by atoms with van der Waals surface area (Å²) in [5.41, 5.74) is 0. The summed E-state index contributed by atoms with van der Waals surface area (Å²) < 4.78 is 5.03. The molecule has 0 atom stereocenters. The second-order valence-corrected chi connectivity index (χ2v) is 3.65. The SMILES string of the molecule is COc1ccc(NCCCCCCO)nc1. The highest BCUT2D eigenvalue weighted by Crippen LogP contribution is 2.11. The molecule has 0 bridgehead atoms. The van der Waals surface area contributed by atoms with Gasteiger partial charge in [-0.3, -0.25) is 0 Å². The second kappa shape index (κ2) is 7.93. The number of unbranched alkanes of at least 4 members (excludes halogenated alkanes) is 3. The fraction of sp³-hybridized carbons (Fsp3) is 0.583. The number of aromatic nitrogens is 1. The lowest BCUT2D eigenvalue weighted by atomic mass is 10.2. The highest BCUT2D eigenvalue weighted by Gasteiger charge is 1.94. The van der Waals surface area contributed by atoms with Crippen LogP contribution >= 0.6 is 0 Å². The maximum Gasteiger partial charge on any atom is 0.137 e. The molecule has 0 aliphatic carbocycles. The Morgan fingerprint density at radius 2 is 2.06 bits per heavy atom. The van der Waals surface area contributed by atoms with Gasteiger partial charge in [-0.15, -0.1) is 0 Å². The lowest BCUT2D eigenvalue weighted by molar-refractivity contribution is 0.283. The molecule has 4 heteroatoms. The number of nitrogens with one attached hydrogen (secondary N) is 1. The quantitative estimate of drug-likeness (QED) is 0.664. The van der Waals surface area contributed by atoms with Crippen molar-refractivity contribution in [3.63, 3.8) is 0 Å². The third kappa shape index (κ3) is 4.98. The molecule has 0 aromatic carbocycles. The number of aliphatic hydroxyl groups is 1. The predicted octanol–water partition coefficient (Wildman–Crippen LogP) is 2.05. The topological polar surface area (TPSA) is 54.4 Å². The normalized spacial score (nSPS) is 10.1. The third-order valence-corrected chi connectivity index (χ3v) is 2.36. The molecule has 0 unspecified atom stereocenters. The highest BCUT2D eigenvalue weighted by atomic mass is 16.5. The molecule has 1 rings (SSSR count). The highest BCUT2D eigenvalue weighted by molar-refractivity contribution is 5.37. The van der Waals surface area contributed by atoms with Gasteiger partial charge in [-0.1, -0.05) is 12.8 Å². The van der Waals surface area contributed by atoms with Crippen LogP contribution in [0.3, 0.4) is 0 Å². The van der Waals surface area contributed by atoms with Crippen molar-refractivity contribution in [2.24, 2.45) is 0 Å². The Morgan fingerprint density at radius 1 is 1.25 bits per heavy atom. The smallest absolute Gasteiger partial charge is 0.137 e. The van der Waals surface area contributed by atoms with E-state index in [0.29, 0.717) is 6.61 Å². The molecule has 0 fully saturated rings. The van der Waals surface area contributed by atoms with Crippen LogP contribution in [0.1, 0.15) is 25.7 Å². The van der Waals surface area contributed by atoms with E-state index in [2.05, 4.69) is 10.3 Å². The van der Waals surface area contributed by atoms with Crippen molar-refractivity contribution in [2.45, 2.75) is 25.7 Å². The lowest BCUT2D eigenvalue weighted by Crippen LogP contribution is -2.03. The Hall–Kier alpha value is -1.29. The van der Waals surface area contributed by atoms with E-state index in [1.165, 1.54) is 0 Å². The van der Waals surface area contributed by atoms with E-state index in [0.717, 1.165) is 43.8 Å². The third-order valence-electron chi connectivity index (χ3n) is 2.36. The van der Waals surface area contributed by atoms with E-state index >= 15 is 0 Å². The number of pyridine rings is 1. The van der Waals surface area contributed by atoms with Crippen LogP contribution in [0.15, 0.2) is 18.3 Å². The average Bonchev–Trinajstić information content (AvgIpc) is 2.34. The molecule has 2 N–H and O–H groups in total. The number of rotatable bonds is 8. The van der Waals surface area contributed by atoms with Crippen LogP contribution in [0.25, 0.3) is 0 Å². The molecule has 1 aromatic rings. The van der Waals surface area contributed by atoms with Crippen molar-refractivity contribution >= 4 is 5.82 Å².